The van der Waals surface area contributed by atoms with Crippen molar-refractivity contribution in [3.8, 4) is 0 Å². The Morgan fingerprint density at radius 2 is 2.11 bits per heavy atom. The number of methoxy groups -OCH3 is 1. The first kappa shape index (κ1) is 13.4. The van der Waals surface area contributed by atoms with E-state index in [9.17, 15) is 4.79 Å². The van der Waals surface area contributed by atoms with E-state index in [1.165, 1.54) is 7.11 Å². The van der Waals surface area contributed by atoms with Gasteiger partial charge in [-0.2, -0.15) is 0 Å². The third-order valence-corrected chi connectivity index (χ3v) is 2.77. The van der Waals surface area contributed by atoms with Gasteiger partial charge < -0.3 is 10.1 Å². The Morgan fingerprint density at radius 3 is 2.89 bits per heavy atom. The molecule has 0 amide bonds. The third-order valence-electron chi connectivity index (χ3n) is 2.77. The lowest BCUT2D eigenvalue weighted by molar-refractivity contribution is -0.140. The maximum absolute atomic E-state index is 10.9. The van der Waals surface area contributed by atoms with Crippen molar-refractivity contribution in [1.29, 1.82) is 0 Å². The van der Waals surface area contributed by atoms with Crippen LogP contribution in [0.4, 0.5) is 0 Å². The minimum absolute atomic E-state index is 0.174. The van der Waals surface area contributed by atoms with Gasteiger partial charge in [0.1, 0.15) is 0 Å². The van der Waals surface area contributed by atoms with Crippen molar-refractivity contribution in [3.05, 3.63) is 36.2 Å². The summed E-state index contributed by atoms with van der Waals surface area (Å²) in [6.45, 7) is 1.41. The van der Waals surface area contributed by atoms with Gasteiger partial charge in [-0.3, -0.25) is 9.78 Å². The van der Waals surface area contributed by atoms with Crippen LogP contribution in [0.1, 0.15) is 18.5 Å². The van der Waals surface area contributed by atoms with Crippen LogP contribution in [-0.2, 0) is 16.1 Å². The van der Waals surface area contributed by atoms with E-state index in [1.807, 2.05) is 24.3 Å². The number of fused-ring (bicyclic) bond motifs is 1. The first-order valence-corrected chi connectivity index (χ1v) is 6.28. The number of aromatic nitrogens is 2. The molecule has 100 valence electrons. The molecule has 0 saturated heterocycles. The number of ether oxygens (including phenoxy) is 1. The molecule has 0 aliphatic heterocycles. The highest BCUT2D eigenvalue weighted by Crippen LogP contribution is 2.08. The summed E-state index contributed by atoms with van der Waals surface area (Å²) in [5, 5.41) is 3.24. The third kappa shape index (κ3) is 3.99. The number of carbonyl (C=O) groups excluding carboxylic acids is 1. The van der Waals surface area contributed by atoms with Crippen molar-refractivity contribution in [2.75, 3.05) is 13.7 Å². The second kappa shape index (κ2) is 6.80. The predicted molar refractivity (Wildman–Crippen MR) is 72.5 cm³/mol. The van der Waals surface area contributed by atoms with Crippen molar-refractivity contribution < 1.29 is 9.53 Å². The van der Waals surface area contributed by atoms with Crippen molar-refractivity contribution in [2.45, 2.75) is 19.4 Å². The van der Waals surface area contributed by atoms with Gasteiger partial charge in [0, 0.05) is 13.0 Å². The molecule has 0 spiro atoms. The molecule has 1 heterocycles. The quantitative estimate of drug-likeness (QED) is 0.631. The molecule has 1 aromatic heterocycles. The van der Waals surface area contributed by atoms with Crippen LogP contribution in [0.25, 0.3) is 11.0 Å². The molecule has 0 atom stereocenters. The summed E-state index contributed by atoms with van der Waals surface area (Å²) in [6, 6.07) is 7.78. The average molecular weight is 259 g/mol. The van der Waals surface area contributed by atoms with Gasteiger partial charge in [-0.1, -0.05) is 12.1 Å². The summed E-state index contributed by atoms with van der Waals surface area (Å²) in [5.41, 5.74) is 2.70. The fourth-order valence-corrected chi connectivity index (χ4v) is 1.76. The Kier molecular flexibility index (Phi) is 4.80. The fraction of sp³-hybridized carbons (Fsp3) is 0.357. The molecule has 0 fully saturated rings. The fourth-order valence-electron chi connectivity index (χ4n) is 1.76. The molecule has 1 aromatic carbocycles. The largest absolute Gasteiger partial charge is 0.469 e. The molecule has 0 unspecified atom stereocenters. The monoisotopic (exact) mass is 259 g/mol. The van der Waals surface area contributed by atoms with E-state index in [0.29, 0.717) is 13.0 Å². The zero-order valence-corrected chi connectivity index (χ0v) is 10.9. The molecule has 0 aliphatic carbocycles. The Hall–Kier alpha value is -2.01. The number of esters is 1. The summed E-state index contributed by atoms with van der Waals surface area (Å²) in [5.74, 6) is -0.174. The summed E-state index contributed by atoms with van der Waals surface area (Å²) >= 11 is 0. The van der Waals surface area contributed by atoms with Crippen LogP contribution >= 0.6 is 0 Å². The molecule has 2 rings (SSSR count). The highest BCUT2D eigenvalue weighted by atomic mass is 16.5. The lowest BCUT2D eigenvalue weighted by Gasteiger charge is -2.04. The number of carbonyl (C=O) groups is 1. The maximum Gasteiger partial charge on any atom is 0.305 e. The van der Waals surface area contributed by atoms with Crippen LogP contribution in [-0.4, -0.2) is 29.6 Å². The lowest BCUT2D eigenvalue weighted by Crippen LogP contribution is -2.17. The smallest absolute Gasteiger partial charge is 0.305 e. The summed E-state index contributed by atoms with van der Waals surface area (Å²) in [7, 11) is 1.40. The van der Waals surface area contributed by atoms with E-state index in [-0.39, 0.29) is 5.97 Å². The van der Waals surface area contributed by atoms with Crippen LogP contribution in [0.15, 0.2) is 30.5 Å². The Labute approximate surface area is 112 Å². The average Bonchev–Trinajstić information content (AvgIpc) is 2.46. The number of hydrogen-bond donors (Lipinski definition) is 1. The van der Waals surface area contributed by atoms with E-state index in [0.717, 1.165) is 29.7 Å². The highest BCUT2D eigenvalue weighted by molar-refractivity contribution is 5.73. The minimum Gasteiger partial charge on any atom is -0.469 e. The second-order valence-corrected chi connectivity index (χ2v) is 4.21. The van der Waals surface area contributed by atoms with Gasteiger partial charge in [0.15, 0.2) is 0 Å². The SMILES string of the molecule is COC(=O)CCCNCc1cnc2ccccc2n1. The zero-order valence-electron chi connectivity index (χ0n) is 10.9. The van der Waals surface area contributed by atoms with Crippen molar-refractivity contribution in [3.63, 3.8) is 0 Å². The van der Waals surface area contributed by atoms with Gasteiger partial charge in [0.2, 0.25) is 0 Å². The first-order chi connectivity index (χ1) is 9.29. The molecule has 0 aliphatic rings. The van der Waals surface area contributed by atoms with Crippen LogP contribution in [0.5, 0.6) is 0 Å². The van der Waals surface area contributed by atoms with E-state index in [2.05, 4.69) is 20.0 Å². The number of hydrogen-bond acceptors (Lipinski definition) is 5. The van der Waals surface area contributed by atoms with Gasteiger partial charge in [0.05, 0.1) is 30.0 Å². The van der Waals surface area contributed by atoms with Gasteiger partial charge in [0.25, 0.3) is 0 Å². The molecule has 5 heteroatoms. The molecule has 0 saturated carbocycles. The molecular weight excluding hydrogens is 242 g/mol. The Morgan fingerprint density at radius 1 is 1.32 bits per heavy atom. The van der Waals surface area contributed by atoms with Crippen LogP contribution in [0, 0.1) is 0 Å². The minimum atomic E-state index is -0.174. The summed E-state index contributed by atoms with van der Waals surface area (Å²) in [6.07, 6.45) is 2.97. The van der Waals surface area contributed by atoms with Crippen LogP contribution in [0.2, 0.25) is 0 Å². The van der Waals surface area contributed by atoms with Gasteiger partial charge in [-0.25, -0.2) is 4.98 Å². The van der Waals surface area contributed by atoms with Gasteiger partial charge >= 0.3 is 5.97 Å². The molecule has 0 radical (unpaired) electrons. The summed E-state index contributed by atoms with van der Waals surface area (Å²) < 4.78 is 4.57. The van der Waals surface area contributed by atoms with Crippen molar-refractivity contribution in [2.24, 2.45) is 0 Å². The number of benzene rings is 1. The molecular formula is C14H17N3O2. The molecule has 2 aromatic rings. The van der Waals surface area contributed by atoms with E-state index >= 15 is 0 Å². The molecule has 0 bridgehead atoms. The number of nitrogens with zero attached hydrogens (tertiary/aromatic N) is 2. The van der Waals surface area contributed by atoms with Crippen LogP contribution in [0.3, 0.4) is 0 Å². The van der Waals surface area contributed by atoms with E-state index in [4.69, 9.17) is 0 Å². The predicted octanol–water partition coefficient (Wildman–Crippen LogP) is 1.67. The normalized spacial score (nSPS) is 10.6. The number of nitrogens with one attached hydrogen (secondary N) is 1. The summed E-state index contributed by atoms with van der Waals surface area (Å²) in [4.78, 5) is 19.8. The van der Waals surface area contributed by atoms with Gasteiger partial charge in [-0.05, 0) is 25.1 Å². The first-order valence-electron chi connectivity index (χ1n) is 6.28. The Balaban J connectivity index is 1.80. The molecule has 1 N–H and O–H groups in total. The van der Waals surface area contributed by atoms with Gasteiger partial charge in [-0.15, -0.1) is 0 Å². The zero-order chi connectivity index (χ0) is 13.5. The number of para-hydroxylation sites is 2. The van der Waals surface area contributed by atoms with E-state index < -0.39 is 0 Å². The standard InChI is InChI=1S/C14H17N3O2/c1-19-14(18)7-4-8-15-9-11-10-16-12-5-2-3-6-13(12)17-11/h2-3,5-6,10,15H,4,7-9H2,1H3. The maximum atomic E-state index is 10.9. The number of rotatable bonds is 6. The lowest BCUT2D eigenvalue weighted by atomic mass is 10.3. The van der Waals surface area contributed by atoms with Crippen molar-refractivity contribution in [1.82, 2.24) is 15.3 Å². The Bertz CT molecular complexity index is 557. The van der Waals surface area contributed by atoms with Crippen molar-refractivity contribution >= 4 is 17.0 Å². The highest BCUT2D eigenvalue weighted by Gasteiger charge is 2.01. The topological polar surface area (TPSA) is 64.1 Å². The van der Waals surface area contributed by atoms with E-state index in [1.54, 1.807) is 6.20 Å². The molecule has 5 nitrogen and oxygen atoms in total. The second-order valence-electron chi connectivity index (χ2n) is 4.21. The molecule has 19 heavy (non-hydrogen) atoms. The van der Waals surface area contributed by atoms with Crippen LogP contribution < -0.4 is 5.32 Å².